The Morgan fingerprint density at radius 3 is 1.94 bits per heavy atom. The van der Waals surface area contributed by atoms with E-state index in [1.165, 1.54) is 10.9 Å². The smallest absolute Gasteiger partial charge is 0.0651 e. The number of pyridine rings is 1. The SMILES string of the molecule is CCC1(CC)CC2CC(CC)(CC)C(O)C2C1O.Cc1ccc2ccc(-c3[c-]cccc3)nc2c1.[Ir]. The summed E-state index contributed by atoms with van der Waals surface area (Å²) >= 11 is 0. The number of hydrogen-bond acceptors (Lipinski definition) is 3. The number of aliphatic hydroxyl groups excluding tert-OH is 2. The van der Waals surface area contributed by atoms with Gasteiger partial charge in [-0.25, -0.2) is 0 Å². The van der Waals surface area contributed by atoms with Crippen LogP contribution in [-0.4, -0.2) is 27.4 Å². The third kappa shape index (κ3) is 5.20. The van der Waals surface area contributed by atoms with Gasteiger partial charge in [0, 0.05) is 26.0 Å². The second-order valence-electron chi connectivity index (χ2n) is 10.9. The second-order valence-corrected chi connectivity index (χ2v) is 10.9. The van der Waals surface area contributed by atoms with E-state index in [-0.39, 0.29) is 49.1 Å². The van der Waals surface area contributed by atoms with Gasteiger partial charge in [-0.3, -0.25) is 4.98 Å². The van der Waals surface area contributed by atoms with Gasteiger partial charge in [0.1, 0.15) is 0 Å². The van der Waals surface area contributed by atoms with Crippen molar-refractivity contribution in [2.45, 2.75) is 85.4 Å². The molecule has 2 N–H and O–H groups in total. The van der Waals surface area contributed by atoms with Crippen LogP contribution in [0.3, 0.4) is 0 Å². The maximum atomic E-state index is 10.7. The summed E-state index contributed by atoms with van der Waals surface area (Å²) in [4.78, 5) is 4.68. The van der Waals surface area contributed by atoms with Crippen molar-refractivity contribution >= 4 is 10.9 Å². The van der Waals surface area contributed by atoms with Crippen LogP contribution >= 0.6 is 0 Å². The van der Waals surface area contributed by atoms with Gasteiger partial charge in [0.05, 0.1) is 17.7 Å². The largest absolute Gasteiger partial charge is 0.392 e. The molecule has 0 aliphatic heterocycles. The Hall–Kier alpha value is -1.58. The van der Waals surface area contributed by atoms with Gasteiger partial charge in [-0.05, 0) is 84.9 Å². The zero-order valence-corrected chi connectivity index (χ0v) is 24.8. The van der Waals surface area contributed by atoms with Gasteiger partial charge < -0.3 is 10.2 Å². The number of aromatic nitrogens is 1. The molecule has 2 aliphatic carbocycles. The minimum atomic E-state index is -0.299. The first kappa shape index (κ1) is 29.0. The van der Waals surface area contributed by atoms with E-state index in [1.54, 1.807) is 0 Å². The summed E-state index contributed by atoms with van der Waals surface area (Å²) in [5, 5.41) is 22.7. The Kier molecular flexibility index (Phi) is 9.55. The van der Waals surface area contributed by atoms with Gasteiger partial charge in [-0.2, -0.15) is 0 Å². The van der Waals surface area contributed by atoms with Crippen LogP contribution < -0.4 is 0 Å². The summed E-state index contributed by atoms with van der Waals surface area (Å²) in [5.41, 5.74) is 4.44. The molecule has 1 heterocycles. The van der Waals surface area contributed by atoms with Gasteiger partial charge in [-0.15, -0.1) is 35.9 Å². The Labute approximate surface area is 231 Å². The molecule has 1 radical (unpaired) electrons. The molecule has 2 unspecified atom stereocenters. The summed E-state index contributed by atoms with van der Waals surface area (Å²) in [6.07, 6.45) is 5.78. The number of nitrogens with zero attached hydrogens (tertiary/aromatic N) is 1. The van der Waals surface area contributed by atoms with Crippen molar-refractivity contribution in [3.05, 3.63) is 66.2 Å². The van der Waals surface area contributed by atoms with Crippen molar-refractivity contribution in [1.29, 1.82) is 0 Å². The van der Waals surface area contributed by atoms with Crippen LogP contribution in [0.4, 0.5) is 0 Å². The second kappa shape index (κ2) is 11.9. The molecule has 2 aromatic carbocycles. The monoisotopic (exact) mass is 665 g/mol. The number of benzene rings is 2. The molecule has 0 saturated heterocycles. The van der Waals surface area contributed by atoms with Gasteiger partial charge in [0.25, 0.3) is 0 Å². The summed E-state index contributed by atoms with van der Waals surface area (Å²) < 4.78 is 0. The first-order valence-electron chi connectivity index (χ1n) is 13.5. The van der Waals surface area contributed by atoms with Gasteiger partial charge >= 0.3 is 0 Å². The van der Waals surface area contributed by atoms with E-state index < -0.39 is 0 Å². The molecular weight excluding hydrogens is 623 g/mol. The van der Waals surface area contributed by atoms with Crippen molar-refractivity contribution in [3.8, 4) is 11.3 Å². The van der Waals surface area contributed by atoms with Crippen LogP contribution in [0.5, 0.6) is 0 Å². The van der Waals surface area contributed by atoms with Crippen molar-refractivity contribution < 1.29 is 30.3 Å². The number of aliphatic hydroxyl groups is 2. The van der Waals surface area contributed by atoms with E-state index in [0.717, 1.165) is 55.3 Å². The molecular formula is C32H42IrNO2-. The van der Waals surface area contributed by atoms with E-state index in [9.17, 15) is 10.2 Å². The maximum absolute atomic E-state index is 10.7. The average Bonchev–Trinajstić information content (AvgIpc) is 3.34. The molecule has 5 rings (SSSR count). The summed E-state index contributed by atoms with van der Waals surface area (Å²) in [5.74, 6) is 0.666. The zero-order valence-electron chi connectivity index (χ0n) is 22.4. The molecule has 1 aromatic heterocycles. The first-order chi connectivity index (χ1) is 16.8. The normalized spacial score (nSPS) is 25.5. The fourth-order valence-electron chi connectivity index (χ4n) is 6.98. The van der Waals surface area contributed by atoms with E-state index in [2.05, 4.69) is 69.9 Å². The van der Waals surface area contributed by atoms with Crippen molar-refractivity contribution in [2.75, 3.05) is 0 Å². The van der Waals surface area contributed by atoms with Crippen molar-refractivity contribution in [3.63, 3.8) is 0 Å². The quantitative estimate of drug-likeness (QED) is 0.280. The number of fused-ring (bicyclic) bond motifs is 2. The van der Waals surface area contributed by atoms with Crippen molar-refractivity contribution in [2.24, 2.45) is 22.7 Å². The third-order valence-corrected chi connectivity index (χ3v) is 9.51. The van der Waals surface area contributed by atoms with Crippen LogP contribution in [-0.2, 0) is 20.1 Å². The standard InChI is InChI=1S/C16H12N.C16H30O2.Ir/c1-12-7-8-14-9-10-15(17-16(14)11-12)13-5-3-2-4-6-13;1-5-15(6-2)9-11-10-16(7-3,8-4)14(18)12(11)13(15)17;/h2-5,7-11H,1H3;11-14,17-18H,5-10H2,1-4H3;/q-1;;. The number of hydrogen-bond donors (Lipinski definition) is 2. The molecule has 36 heavy (non-hydrogen) atoms. The maximum Gasteiger partial charge on any atom is 0.0651 e. The molecule has 3 aromatic rings. The summed E-state index contributed by atoms with van der Waals surface area (Å²) in [6.45, 7) is 10.8. The molecule has 3 nitrogen and oxygen atoms in total. The molecule has 2 atom stereocenters. The fraction of sp³-hybridized carbons (Fsp3) is 0.531. The third-order valence-electron chi connectivity index (χ3n) is 9.51. The van der Waals surface area contributed by atoms with Gasteiger partial charge in [0.2, 0.25) is 0 Å². The Morgan fingerprint density at radius 1 is 0.861 bits per heavy atom. The Bertz CT molecular complexity index is 1100. The number of rotatable bonds is 5. The molecule has 2 saturated carbocycles. The molecule has 4 heteroatoms. The molecule has 197 valence electrons. The molecule has 0 amide bonds. The van der Waals surface area contributed by atoms with Crippen LogP contribution in [0.15, 0.2) is 54.6 Å². The summed E-state index contributed by atoms with van der Waals surface area (Å²) in [6, 6.07) is 21.6. The predicted octanol–water partition coefficient (Wildman–Crippen LogP) is 7.37. The van der Waals surface area contributed by atoms with Crippen LogP contribution in [0.2, 0.25) is 0 Å². The van der Waals surface area contributed by atoms with Crippen molar-refractivity contribution in [1.82, 2.24) is 4.98 Å². The molecule has 0 spiro atoms. The topological polar surface area (TPSA) is 53.4 Å². The first-order valence-corrected chi connectivity index (χ1v) is 13.5. The summed E-state index contributed by atoms with van der Waals surface area (Å²) in [7, 11) is 0. The number of aryl methyl sites for hydroxylation is 1. The predicted molar refractivity (Wildman–Crippen MR) is 145 cm³/mol. The van der Waals surface area contributed by atoms with Crippen LogP contribution in [0, 0.1) is 35.7 Å². The van der Waals surface area contributed by atoms with Gasteiger partial charge in [-0.1, -0.05) is 52.0 Å². The van der Waals surface area contributed by atoms with Crippen LogP contribution in [0.1, 0.15) is 71.8 Å². The van der Waals surface area contributed by atoms with Crippen LogP contribution in [0.25, 0.3) is 22.2 Å². The molecule has 2 aliphatic rings. The average molecular weight is 665 g/mol. The minimum absolute atomic E-state index is 0. The Balaban J connectivity index is 0.000000195. The van der Waals surface area contributed by atoms with E-state index in [1.807, 2.05) is 30.3 Å². The van der Waals surface area contributed by atoms with E-state index in [4.69, 9.17) is 0 Å². The zero-order chi connectivity index (χ0) is 25.2. The fourth-order valence-corrected chi connectivity index (χ4v) is 6.98. The van der Waals surface area contributed by atoms with E-state index in [0.29, 0.717) is 5.92 Å². The molecule has 0 bridgehead atoms. The van der Waals surface area contributed by atoms with Gasteiger partial charge in [0.15, 0.2) is 0 Å². The Morgan fingerprint density at radius 2 is 1.44 bits per heavy atom. The minimum Gasteiger partial charge on any atom is -0.392 e. The molecule has 2 fully saturated rings. The van der Waals surface area contributed by atoms with E-state index >= 15 is 0 Å².